The highest BCUT2D eigenvalue weighted by Gasteiger charge is 2.28. The molecular formula is C21H24N4O. The number of hydrogen-bond donors (Lipinski definition) is 0. The van der Waals surface area contributed by atoms with Crippen molar-refractivity contribution in [2.75, 3.05) is 0 Å². The molecule has 26 heavy (non-hydrogen) atoms. The Bertz CT molecular complexity index is 1080. The number of nitrogens with zero attached hydrogens (tertiary/aromatic N) is 4. The van der Waals surface area contributed by atoms with Gasteiger partial charge in [0.2, 0.25) is 0 Å². The van der Waals surface area contributed by atoms with Crippen LogP contribution in [-0.2, 0) is 17.4 Å². The largest absolute Gasteiger partial charge is 0.356 e. The van der Waals surface area contributed by atoms with Gasteiger partial charge in [-0.25, -0.2) is 4.68 Å². The van der Waals surface area contributed by atoms with Gasteiger partial charge in [-0.3, -0.25) is 0 Å². The number of rotatable bonds is 3. The summed E-state index contributed by atoms with van der Waals surface area (Å²) < 4.78 is 7.51. The lowest BCUT2D eigenvalue weighted by Crippen LogP contribution is -2.23. The molecule has 2 heterocycles. The lowest BCUT2D eigenvalue weighted by Gasteiger charge is -2.23. The van der Waals surface area contributed by atoms with Crippen LogP contribution in [0.25, 0.3) is 22.0 Å². The molecule has 0 fully saturated rings. The maximum absolute atomic E-state index is 5.52. The summed E-state index contributed by atoms with van der Waals surface area (Å²) in [4.78, 5) is 0. The van der Waals surface area contributed by atoms with Gasteiger partial charge in [-0.15, -0.1) is 5.10 Å². The summed E-state index contributed by atoms with van der Waals surface area (Å²) in [5.74, 6) is 0. The van der Waals surface area contributed by atoms with Crippen LogP contribution in [0.5, 0.6) is 0 Å². The van der Waals surface area contributed by atoms with Gasteiger partial charge in [0.05, 0.1) is 16.7 Å². The van der Waals surface area contributed by atoms with Gasteiger partial charge in [-0.05, 0) is 57.0 Å². The number of hydrogen-bond acceptors (Lipinski definition) is 4. The molecule has 0 radical (unpaired) electrons. The topological polar surface area (TPSA) is 56.7 Å². The Labute approximate surface area is 153 Å². The number of benzene rings is 2. The Morgan fingerprint density at radius 3 is 2.54 bits per heavy atom. The van der Waals surface area contributed by atoms with Crippen LogP contribution in [0.15, 0.2) is 47.0 Å². The van der Waals surface area contributed by atoms with Crippen molar-refractivity contribution in [3.8, 4) is 0 Å². The molecule has 0 atom stereocenters. The Balaban J connectivity index is 1.74. The molecule has 4 aromatic rings. The monoisotopic (exact) mass is 348 g/mol. The van der Waals surface area contributed by atoms with Gasteiger partial charge in [-0.2, -0.15) is 0 Å². The van der Waals surface area contributed by atoms with Crippen LogP contribution in [0.1, 0.15) is 45.9 Å². The standard InChI is InChI=1S/C21H24N4O/c1-20(2,3)25-17-12-14(10-11-16(17)22-24-25)13-21(4,5)19-15-8-6-7-9-18(15)26-23-19/h6-12H,13H2,1-5H3. The molecule has 134 valence electrons. The highest BCUT2D eigenvalue weighted by atomic mass is 16.5. The molecule has 0 saturated heterocycles. The molecule has 0 spiro atoms. The van der Waals surface area contributed by atoms with Gasteiger partial charge in [0.25, 0.3) is 0 Å². The van der Waals surface area contributed by atoms with Crippen molar-refractivity contribution < 1.29 is 4.52 Å². The fourth-order valence-electron chi connectivity index (χ4n) is 3.54. The second-order valence-corrected chi connectivity index (χ2v) is 8.58. The highest BCUT2D eigenvalue weighted by molar-refractivity contribution is 5.80. The second kappa shape index (κ2) is 5.66. The normalized spacial score (nSPS) is 13.0. The molecular weight excluding hydrogens is 324 g/mol. The van der Waals surface area contributed by atoms with E-state index in [0.717, 1.165) is 34.1 Å². The van der Waals surface area contributed by atoms with E-state index < -0.39 is 0 Å². The van der Waals surface area contributed by atoms with E-state index in [1.807, 2.05) is 22.9 Å². The Hall–Kier alpha value is -2.69. The van der Waals surface area contributed by atoms with Crippen LogP contribution in [-0.4, -0.2) is 20.2 Å². The lowest BCUT2D eigenvalue weighted by molar-refractivity contribution is 0.358. The SMILES string of the molecule is CC(C)(Cc1ccc2nnn(C(C)(C)C)c2c1)c1noc2ccccc12. The first kappa shape index (κ1) is 16.8. The Morgan fingerprint density at radius 2 is 1.77 bits per heavy atom. The quantitative estimate of drug-likeness (QED) is 0.531. The third kappa shape index (κ3) is 2.77. The minimum atomic E-state index is -0.152. The third-order valence-corrected chi connectivity index (χ3v) is 4.81. The summed E-state index contributed by atoms with van der Waals surface area (Å²) >= 11 is 0. The van der Waals surface area contributed by atoms with Crippen molar-refractivity contribution in [3.63, 3.8) is 0 Å². The van der Waals surface area contributed by atoms with Crippen molar-refractivity contribution in [2.45, 2.75) is 52.0 Å². The van der Waals surface area contributed by atoms with Crippen molar-refractivity contribution in [1.82, 2.24) is 20.2 Å². The van der Waals surface area contributed by atoms with E-state index in [0.29, 0.717) is 0 Å². The molecule has 0 bridgehead atoms. The summed E-state index contributed by atoms with van der Waals surface area (Å²) in [7, 11) is 0. The van der Waals surface area contributed by atoms with Gasteiger partial charge >= 0.3 is 0 Å². The minimum Gasteiger partial charge on any atom is -0.356 e. The molecule has 0 aliphatic rings. The van der Waals surface area contributed by atoms with E-state index in [-0.39, 0.29) is 11.0 Å². The highest BCUT2D eigenvalue weighted by Crippen LogP contribution is 2.33. The molecule has 4 rings (SSSR count). The first-order valence-electron chi connectivity index (χ1n) is 8.95. The van der Waals surface area contributed by atoms with E-state index in [1.165, 1.54) is 5.56 Å². The third-order valence-electron chi connectivity index (χ3n) is 4.81. The van der Waals surface area contributed by atoms with Crippen molar-refractivity contribution in [2.24, 2.45) is 0 Å². The molecule has 0 aliphatic carbocycles. The van der Waals surface area contributed by atoms with Gasteiger partial charge in [0, 0.05) is 10.8 Å². The molecule has 0 saturated carbocycles. The summed E-state index contributed by atoms with van der Waals surface area (Å²) in [6.07, 6.45) is 0.856. The van der Waals surface area contributed by atoms with Crippen LogP contribution >= 0.6 is 0 Å². The van der Waals surface area contributed by atoms with E-state index in [4.69, 9.17) is 4.52 Å². The van der Waals surface area contributed by atoms with Crippen LogP contribution in [0, 0.1) is 0 Å². The van der Waals surface area contributed by atoms with Gasteiger partial charge < -0.3 is 4.52 Å². The predicted molar refractivity (Wildman–Crippen MR) is 103 cm³/mol. The second-order valence-electron chi connectivity index (χ2n) is 8.58. The molecule has 0 aliphatic heterocycles. The first-order valence-corrected chi connectivity index (χ1v) is 8.95. The lowest BCUT2D eigenvalue weighted by atomic mass is 9.81. The molecule has 5 heteroatoms. The summed E-state index contributed by atoms with van der Waals surface area (Å²) in [5, 5.41) is 14.1. The summed E-state index contributed by atoms with van der Waals surface area (Å²) in [6, 6.07) is 14.4. The predicted octanol–water partition coefficient (Wildman–Crippen LogP) is 4.85. The molecule has 0 unspecified atom stereocenters. The van der Waals surface area contributed by atoms with Crippen LogP contribution in [0.4, 0.5) is 0 Å². The first-order chi connectivity index (χ1) is 12.3. The zero-order valence-electron chi connectivity index (χ0n) is 15.9. The summed E-state index contributed by atoms with van der Waals surface area (Å²) in [5.41, 5.74) is 4.80. The summed E-state index contributed by atoms with van der Waals surface area (Å²) in [6.45, 7) is 10.8. The number of aromatic nitrogens is 4. The maximum atomic E-state index is 5.52. The van der Waals surface area contributed by atoms with E-state index >= 15 is 0 Å². The average Bonchev–Trinajstić information content (AvgIpc) is 3.18. The van der Waals surface area contributed by atoms with Gasteiger partial charge in [-0.1, -0.05) is 42.4 Å². The minimum absolute atomic E-state index is 0.106. The fraction of sp³-hybridized carbons (Fsp3) is 0.381. The van der Waals surface area contributed by atoms with E-state index in [9.17, 15) is 0 Å². The van der Waals surface area contributed by atoms with Crippen LogP contribution < -0.4 is 0 Å². The number of fused-ring (bicyclic) bond motifs is 2. The molecule has 2 aromatic carbocycles. The average molecular weight is 348 g/mol. The molecule has 0 N–H and O–H groups in total. The van der Waals surface area contributed by atoms with E-state index in [2.05, 4.69) is 74.4 Å². The number of para-hydroxylation sites is 1. The Morgan fingerprint density at radius 1 is 1.00 bits per heavy atom. The van der Waals surface area contributed by atoms with Crippen molar-refractivity contribution >= 4 is 22.0 Å². The molecule has 5 nitrogen and oxygen atoms in total. The van der Waals surface area contributed by atoms with E-state index in [1.54, 1.807) is 0 Å². The zero-order chi connectivity index (χ0) is 18.5. The molecule has 0 amide bonds. The molecule has 2 aromatic heterocycles. The van der Waals surface area contributed by atoms with Gasteiger partial charge in [0.15, 0.2) is 5.58 Å². The maximum Gasteiger partial charge on any atom is 0.167 e. The van der Waals surface area contributed by atoms with Crippen LogP contribution in [0.3, 0.4) is 0 Å². The van der Waals surface area contributed by atoms with Gasteiger partial charge in [0.1, 0.15) is 5.52 Å². The zero-order valence-corrected chi connectivity index (χ0v) is 15.9. The fourth-order valence-corrected chi connectivity index (χ4v) is 3.54. The van der Waals surface area contributed by atoms with Crippen molar-refractivity contribution in [3.05, 3.63) is 53.7 Å². The Kier molecular flexibility index (Phi) is 3.65. The van der Waals surface area contributed by atoms with Crippen LogP contribution in [0.2, 0.25) is 0 Å². The smallest absolute Gasteiger partial charge is 0.167 e. The van der Waals surface area contributed by atoms with Crippen molar-refractivity contribution in [1.29, 1.82) is 0 Å².